The summed E-state index contributed by atoms with van der Waals surface area (Å²) in [6.07, 6.45) is 18.1. The molecule has 0 atom stereocenters. The molecule has 2 aliphatic rings. The zero-order valence-corrected chi connectivity index (χ0v) is 18.8. The molecule has 162 valence electrons. The lowest BCUT2D eigenvalue weighted by atomic mass is 9.78. The van der Waals surface area contributed by atoms with Gasteiger partial charge in [0.2, 0.25) is 0 Å². The quantitative estimate of drug-likeness (QED) is 0.310. The molecule has 1 aromatic rings. The van der Waals surface area contributed by atoms with Crippen molar-refractivity contribution in [1.29, 1.82) is 0 Å². The van der Waals surface area contributed by atoms with E-state index in [1.807, 2.05) is 12.1 Å². The molecule has 2 saturated carbocycles. The van der Waals surface area contributed by atoms with Crippen molar-refractivity contribution in [1.82, 2.24) is 0 Å². The van der Waals surface area contributed by atoms with Gasteiger partial charge in [-0.15, -0.1) is 0 Å². The van der Waals surface area contributed by atoms with Crippen molar-refractivity contribution in [3.8, 4) is 0 Å². The van der Waals surface area contributed by atoms with Gasteiger partial charge in [-0.05, 0) is 86.8 Å². The van der Waals surface area contributed by atoms with Crippen LogP contribution < -0.4 is 0 Å². The summed E-state index contributed by atoms with van der Waals surface area (Å²) in [7, 11) is 0. The summed E-state index contributed by atoms with van der Waals surface area (Å²) in [5, 5.41) is 0. The summed E-state index contributed by atoms with van der Waals surface area (Å²) in [5.74, 6) is 2.32. The Morgan fingerprint density at radius 3 is 2.10 bits per heavy atom. The van der Waals surface area contributed by atoms with Crippen molar-refractivity contribution in [2.45, 2.75) is 116 Å². The van der Waals surface area contributed by atoms with E-state index in [2.05, 4.69) is 26.0 Å². The predicted octanol–water partition coefficient (Wildman–Crippen LogP) is 8.06. The van der Waals surface area contributed by atoms with Gasteiger partial charge in [-0.3, -0.25) is 0 Å². The first-order valence-corrected chi connectivity index (χ1v) is 12.5. The number of hydrogen-bond donors (Lipinski definition) is 0. The third-order valence-electron chi connectivity index (χ3n) is 7.58. The molecule has 0 N–H and O–H groups in total. The average molecular weight is 399 g/mol. The fraction of sp³-hybridized carbons (Fsp3) is 0.741. The molecule has 0 saturated heterocycles. The third kappa shape index (κ3) is 6.86. The first-order chi connectivity index (χ1) is 14.2. The molecule has 0 heterocycles. The van der Waals surface area contributed by atoms with Gasteiger partial charge in [-0.25, -0.2) is 4.79 Å². The van der Waals surface area contributed by atoms with Gasteiger partial charge in [0.05, 0.1) is 5.56 Å². The molecule has 0 radical (unpaired) electrons. The molecule has 2 heteroatoms. The van der Waals surface area contributed by atoms with E-state index in [-0.39, 0.29) is 12.1 Å². The number of unbranched alkanes of at least 4 members (excludes halogenated alkanes) is 3. The zero-order chi connectivity index (χ0) is 20.5. The molecule has 0 bridgehead atoms. The number of esters is 1. The molecule has 0 amide bonds. The Labute approximate surface area is 178 Å². The second-order valence-corrected chi connectivity index (χ2v) is 9.65. The van der Waals surface area contributed by atoms with E-state index in [1.165, 1.54) is 82.6 Å². The Bertz CT molecular complexity index is 589. The van der Waals surface area contributed by atoms with Crippen LogP contribution in [0.5, 0.6) is 0 Å². The molecule has 3 rings (SSSR count). The van der Waals surface area contributed by atoms with Crippen molar-refractivity contribution in [2.24, 2.45) is 11.8 Å². The molecular weight excluding hydrogens is 356 g/mol. The monoisotopic (exact) mass is 398 g/mol. The number of benzene rings is 1. The van der Waals surface area contributed by atoms with Crippen LogP contribution in [-0.2, 0) is 4.74 Å². The van der Waals surface area contributed by atoms with Gasteiger partial charge >= 0.3 is 5.97 Å². The first kappa shape index (κ1) is 22.4. The summed E-state index contributed by atoms with van der Waals surface area (Å²) >= 11 is 0. The van der Waals surface area contributed by atoms with Crippen LogP contribution >= 0.6 is 0 Å². The van der Waals surface area contributed by atoms with Crippen molar-refractivity contribution in [2.75, 3.05) is 0 Å². The summed E-state index contributed by atoms with van der Waals surface area (Å²) in [4.78, 5) is 12.6. The zero-order valence-electron chi connectivity index (χ0n) is 18.8. The second-order valence-electron chi connectivity index (χ2n) is 9.65. The van der Waals surface area contributed by atoms with Gasteiger partial charge in [0.1, 0.15) is 6.10 Å². The minimum absolute atomic E-state index is 0.124. The Morgan fingerprint density at radius 1 is 0.828 bits per heavy atom. The summed E-state index contributed by atoms with van der Waals surface area (Å²) in [6, 6.07) is 8.31. The molecule has 1 aromatic carbocycles. The normalized spacial score (nSPS) is 27.5. The SMILES string of the molecule is CCCCCCC1CCC(OC(=O)c2ccc(C3CCC(CC)CC3)cc2)CC1. The fourth-order valence-electron chi connectivity index (χ4n) is 5.41. The lowest BCUT2D eigenvalue weighted by Gasteiger charge is -2.29. The molecule has 0 aromatic heterocycles. The van der Waals surface area contributed by atoms with Crippen LogP contribution in [0.4, 0.5) is 0 Å². The highest BCUT2D eigenvalue weighted by Gasteiger charge is 2.25. The van der Waals surface area contributed by atoms with Crippen LogP contribution in [0.1, 0.15) is 126 Å². The number of carbonyl (C=O) groups is 1. The first-order valence-electron chi connectivity index (χ1n) is 12.5. The number of hydrogen-bond acceptors (Lipinski definition) is 2. The van der Waals surface area contributed by atoms with Gasteiger partial charge in [0, 0.05) is 0 Å². The fourth-order valence-corrected chi connectivity index (χ4v) is 5.41. The molecule has 0 unspecified atom stereocenters. The highest BCUT2D eigenvalue weighted by atomic mass is 16.5. The van der Waals surface area contributed by atoms with Crippen LogP contribution in [0.3, 0.4) is 0 Å². The summed E-state index contributed by atoms with van der Waals surface area (Å²) < 4.78 is 5.84. The minimum Gasteiger partial charge on any atom is -0.459 e. The van der Waals surface area contributed by atoms with E-state index in [9.17, 15) is 4.79 Å². The maximum absolute atomic E-state index is 12.6. The Hall–Kier alpha value is -1.31. The smallest absolute Gasteiger partial charge is 0.338 e. The molecule has 2 nitrogen and oxygen atoms in total. The summed E-state index contributed by atoms with van der Waals surface area (Å²) in [6.45, 7) is 4.58. The van der Waals surface area contributed by atoms with E-state index in [4.69, 9.17) is 4.74 Å². The number of ether oxygens (including phenoxy) is 1. The van der Waals surface area contributed by atoms with Crippen molar-refractivity contribution < 1.29 is 9.53 Å². The molecule has 2 fully saturated rings. The lowest BCUT2D eigenvalue weighted by Crippen LogP contribution is -2.24. The Balaban J connectivity index is 1.40. The maximum atomic E-state index is 12.6. The topological polar surface area (TPSA) is 26.3 Å². The third-order valence-corrected chi connectivity index (χ3v) is 7.58. The molecule has 29 heavy (non-hydrogen) atoms. The maximum Gasteiger partial charge on any atom is 0.338 e. The highest BCUT2D eigenvalue weighted by molar-refractivity contribution is 5.89. The largest absolute Gasteiger partial charge is 0.459 e. The summed E-state index contributed by atoms with van der Waals surface area (Å²) in [5.41, 5.74) is 2.12. The van der Waals surface area contributed by atoms with Gasteiger partial charge in [-0.2, -0.15) is 0 Å². The van der Waals surface area contributed by atoms with Crippen molar-refractivity contribution in [3.63, 3.8) is 0 Å². The minimum atomic E-state index is -0.127. The highest BCUT2D eigenvalue weighted by Crippen LogP contribution is 2.37. The van der Waals surface area contributed by atoms with Crippen molar-refractivity contribution >= 4 is 5.97 Å². The van der Waals surface area contributed by atoms with E-state index in [1.54, 1.807) is 0 Å². The van der Waals surface area contributed by atoms with E-state index in [0.717, 1.165) is 30.2 Å². The molecule has 0 spiro atoms. The average Bonchev–Trinajstić information content (AvgIpc) is 2.78. The van der Waals surface area contributed by atoms with E-state index in [0.29, 0.717) is 5.92 Å². The molecule has 2 aliphatic carbocycles. The van der Waals surface area contributed by atoms with Crippen LogP contribution in [0, 0.1) is 11.8 Å². The predicted molar refractivity (Wildman–Crippen MR) is 121 cm³/mol. The standard InChI is InChI=1S/C27H42O2/c1-3-5-6-7-8-22-11-19-26(20-12-22)29-27(28)25-17-15-24(16-18-25)23-13-9-21(4-2)10-14-23/h15-18,21-23,26H,3-14,19-20H2,1-2H3. The number of carbonyl (C=O) groups excluding carboxylic acids is 1. The van der Waals surface area contributed by atoms with E-state index < -0.39 is 0 Å². The van der Waals surface area contributed by atoms with Gasteiger partial charge in [0.15, 0.2) is 0 Å². The van der Waals surface area contributed by atoms with Crippen LogP contribution in [0.25, 0.3) is 0 Å². The van der Waals surface area contributed by atoms with E-state index >= 15 is 0 Å². The Kier molecular flexibility index (Phi) is 9.08. The Morgan fingerprint density at radius 2 is 1.48 bits per heavy atom. The number of rotatable bonds is 9. The van der Waals surface area contributed by atoms with Gasteiger partial charge < -0.3 is 4.74 Å². The van der Waals surface area contributed by atoms with Gasteiger partial charge in [-0.1, -0.05) is 64.5 Å². The second kappa shape index (κ2) is 11.8. The van der Waals surface area contributed by atoms with Crippen molar-refractivity contribution in [3.05, 3.63) is 35.4 Å². The van der Waals surface area contributed by atoms with Crippen LogP contribution in [0.2, 0.25) is 0 Å². The van der Waals surface area contributed by atoms with Crippen LogP contribution in [0.15, 0.2) is 24.3 Å². The van der Waals surface area contributed by atoms with Gasteiger partial charge in [0.25, 0.3) is 0 Å². The lowest BCUT2D eigenvalue weighted by molar-refractivity contribution is 0.0161. The van der Waals surface area contributed by atoms with Crippen LogP contribution in [-0.4, -0.2) is 12.1 Å². The molecular formula is C27H42O2. The molecule has 0 aliphatic heterocycles.